The summed E-state index contributed by atoms with van der Waals surface area (Å²) in [7, 11) is 0. The first-order valence-corrected chi connectivity index (χ1v) is 8.58. The molecule has 1 aliphatic rings. The third-order valence-electron chi connectivity index (χ3n) is 4.85. The highest BCUT2D eigenvalue weighted by Gasteiger charge is 2.28. The lowest BCUT2D eigenvalue weighted by atomic mass is 10.0. The lowest BCUT2D eigenvalue weighted by Gasteiger charge is -2.35. The van der Waals surface area contributed by atoms with Crippen LogP contribution in [-0.2, 0) is 6.54 Å². The molecule has 0 bridgehead atoms. The third kappa shape index (κ3) is 2.82. The average molecular weight is 322 g/mol. The Labute approximate surface area is 141 Å². The van der Waals surface area contributed by atoms with Gasteiger partial charge in [-0.2, -0.15) is 5.10 Å². The molecule has 1 atom stereocenters. The SMILES string of the molecule is Cc1ccc2cc(C(=O)N3CCCC[C@@H]3Cn3cccn3)[nH]c2c1. The molecule has 5 heteroatoms. The summed E-state index contributed by atoms with van der Waals surface area (Å²) in [5, 5.41) is 5.38. The van der Waals surface area contributed by atoms with Crippen LogP contribution < -0.4 is 0 Å². The molecule has 4 rings (SSSR count). The molecule has 0 aliphatic carbocycles. The van der Waals surface area contributed by atoms with Crippen LogP contribution in [0.2, 0.25) is 0 Å². The summed E-state index contributed by atoms with van der Waals surface area (Å²) in [5.41, 5.74) is 2.90. The van der Waals surface area contributed by atoms with Crippen molar-refractivity contribution in [3.05, 3.63) is 54.0 Å². The molecule has 1 fully saturated rings. The summed E-state index contributed by atoms with van der Waals surface area (Å²) in [6, 6.07) is 10.3. The number of hydrogen-bond acceptors (Lipinski definition) is 2. The molecule has 1 saturated heterocycles. The van der Waals surface area contributed by atoms with E-state index in [4.69, 9.17) is 0 Å². The van der Waals surface area contributed by atoms with Gasteiger partial charge in [0.2, 0.25) is 0 Å². The predicted octanol–water partition coefficient (Wildman–Crippen LogP) is 3.37. The molecule has 1 aliphatic heterocycles. The topological polar surface area (TPSA) is 53.9 Å². The van der Waals surface area contributed by atoms with Crippen molar-refractivity contribution in [1.29, 1.82) is 0 Å². The number of aromatic nitrogens is 3. The molecule has 124 valence electrons. The van der Waals surface area contributed by atoms with Crippen molar-refractivity contribution in [2.45, 2.75) is 38.8 Å². The van der Waals surface area contributed by atoms with Crippen LogP contribution in [0.5, 0.6) is 0 Å². The van der Waals surface area contributed by atoms with E-state index in [0.29, 0.717) is 5.69 Å². The lowest BCUT2D eigenvalue weighted by Crippen LogP contribution is -2.46. The van der Waals surface area contributed by atoms with E-state index in [1.165, 1.54) is 12.0 Å². The summed E-state index contributed by atoms with van der Waals surface area (Å²) in [5.74, 6) is 0.0979. The van der Waals surface area contributed by atoms with Gasteiger partial charge < -0.3 is 9.88 Å². The molecule has 0 radical (unpaired) electrons. The molecule has 1 N–H and O–H groups in total. The number of aryl methyl sites for hydroxylation is 1. The van der Waals surface area contributed by atoms with E-state index < -0.39 is 0 Å². The van der Waals surface area contributed by atoms with E-state index in [1.807, 2.05) is 27.9 Å². The van der Waals surface area contributed by atoms with Crippen LogP contribution in [0, 0.1) is 6.92 Å². The van der Waals surface area contributed by atoms with E-state index in [9.17, 15) is 4.79 Å². The van der Waals surface area contributed by atoms with E-state index in [1.54, 1.807) is 6.20 Å². The van der Waals surface area contributed by atoms with Crippen molar-refractivity contribution in [1.82, 2.24) is 19.7 Å². The lowest BCUT2D eigenvalue weighted by molar-refractivity contribution is 0.0579. The Morgan fingerprint density at radius 3 is 3.08 bits per heavy atom. The highest BCUT2D eigenvalue weighted by molar-refractivity contribution is 5.98. The molecule has 3 heterocycles. The third-order valence-corrected chi connectivity index (χ3v) is 4.85. The monoisotopic (exact) mass is 322 g/mol. The second kappa shape index (κ2) is 6.15. The zero-order valence-electron chi connectivity index (χ0n) is 13.9. The Bertz CT molecular complexity index is 850. The fourth-order valence-electron chi connectivity index (χ4n) is 3.59. The van der Waals surface area contributed by atoms with Crippen LogP contribution in [0.1, 0.15) is 35.3 Å². The predicted molar refractivity (Wildman–Crippen MR) is 93.9 cm³/mol. The van der Waals surface area contributed by atoms with Gasteiger partial charge in [0.25, 0.3) is 5.91 Å². The zero-order valence-corrected chi connectivity index (χ0v) is 13.9. The fourth-order valence-corrected chi connectivity index (χ4v) is 3.59. The Balaban J connectivity index is 1.60. The number of rotatable bonds is 3. The van der Waals surface area contributed by atoms with Gasteiger partial charge >= 0.3 is 0 Å². The van der Waals surface area contributed by atoms with Crippen LogP contribution in [0.15, 0.2) is 42.7 Å². The van der Waals surface area contributed by atoms with Crippen LogP contribution in [0.4, 0.5) is 0 Å². The van der Waals surface area contributed by atoms with Gasteiger partial charge in [-0.05, 0) is 49.9 Å². The van der Waals surface area contributed by atoms with E-state index in [2.05, 4.69) is 35.2 Å². The number of fused-ring (bicyclic) bond motifs is 1. The highest BCUT2D eigenvalue weighted by Crippen LogP contribution is 2.23. The van der Waals surface area contributed by atoms with Crippen molar-refractivity contribution < 1.29 is 4.79 Å². The number of benzene rings is 1. The molecule has 24 heavy (non-hydrogen) atoms. The Hall–Kier alpha value is -2.56. The van der Waals surface area contributed by atoms with Gasteiger partial charge in [0, 0.05) is 29.8 Å². The maximum Gasteiger partial charge on any atom is 0.270 e. The molecule has 5 nitrogen and oxygen atoms in total. The van der Waals surface area contributed by atoms with Gasteiger partial charge in [0.15, 0.2) is 0 Å². The Kier molecular flexibility index (Phi) is 3.84. The second-order valence-corrected chi connectivity index (χ2v) is 6.65. The van der Waals surface area contributed by atoms with E-state index >= 15 is 0 Å². The quantitative estimate of drug-likeness (QED) is 0.804. The van der Waals surface area contributed by atoms with Gasteiger partial charge in [0.05, 0.1) is 12.6 Å². The first kappa shape index (κ1) is 15.0. The molecule has 0 spiro atoms. The number of piperidine rings is 1. The Morgan fingerprint density at radius 2 is 2.25 bits per heavy atom. The molecule has 0 saturated carbocycles. The number of H-pyrrole nitrogens is 1. The maximum absolute atomic E-state index is 13.1. The summed E-state index contributed by atoms with van der Waals surface area (Å²) in [6.07, 6.45) is 7.02. The average Bonchev–Trinajstić information content (AvgIpc) is 3.23. The number of likely N-dealkylation sites (tertiary alicyclic amines) is 1. The molecule has 1 amide bonds. The van der Waals surface area contributed by atoms with Crippen LogP contribution in [0.3, 0.4) is 0 Å². The van der Waals surface area contributed by atoms with Gasteiger partial charge in [-0.3, -0.25) is 9.48 Å². The number of aromatic amines is 1. The minimum absolute atomic E-state index is 0.0979. The number of carbonyl (C=O) groups excluding carboxylic acids is 1. The minimum Gasteiger partial charge on any atom is -0.351 e. The summed E-state index contributed by atoms with van der Waals surface area (Å²) < 4.78 is 1.92. The van der Waals surface area contributed by atoms with Crippen molar-refractivity contribution in [2.75, 3.05) is 6.54 Å². The van der Waals surface area contributed by atoms with E-state index in [0.717, 1.165) is 36.8 Å². The highest BCUT2D eigenvalue weighted by atomic mass is 16.2. The molecular weight excluding hydrogens is 300 g/mol. The van der Waals surface area contributed by atoms with Gasteiger partial charge in [-0.15, -0.1) is 0 Å². The first-order chi connectivity index (χ1) is 11.7. The molecule has 2 aromatic heterocycles. The van der Waals surface area contributed by atoms with Gasteiger partial charge in [-0.1, -0.05) is 12.1 Å². The minimum atomic E-state index is 0.0979. The van der Waals surface area contributed by atoms with Crippen LogP contribution >= 0.6 is 0 Å². The van der Waals surface area contributed by atoms with Crippen molar-refractivity contribution >= 4 is 16.8 Å². The second-order valence-electron chi connectivity index (χ2n) is 6.65. The standard InChI is InChI=1S/C19H22N4O/c1-14-6-7-15-12-18(21-17(15)11-14)19(24)23-10-3-2-5-16(23)13-22-9-4-8-20-22/h4,6-9,11-12,16,21H,2-3,5,10,13H2,1H3/t16-/m1/s1. The van der Waals surface area contributed by atoms with Gasteiger partial charge in [0.1, 0.15) is 5.69 Å². The number of amides is 1. The number of nitrogens with zero attached hydrogens (tertiary/aromatic N) is 3. The summed E-state index contributed by atoms with van der Waals surface area (Å²) in [4.78, 5) is 18.4. The number of hydrogen-bond donors (Lipinski definition) is 1. The normalized spacial score (nSPS) is 18.2. The van der Waals surface area contributed by atoms with Crippen LogP contribution in [-0.4, -0.2) is 38.2 Å². The summed E-state index contributed by atoms with van der Waals surface area (Å²) in [6.45, 7) is 3.64. The zero-order chi connectivity index (χ0) is 16.5. The van der Waals surface area contributed by atoms with Crippen molar-refractivity contribution in [3.8, 4) is 0 Å². The summed E-state index contributed by atoms with van der Waals surface area (Å²) >= 11 is 0. The molecule has 1 aromatic carbocycles. The Morgan fingerprint density at radius 1 is 1.33 bits per heavy atom. The smallest absolute Gasteiger partial charge is 0.270 e. The number of nitrogens with one attached hydrogen (secondary N) is 1. The van der Waals surface area contributed by atoms with Crippen molar-refractivity contribution in [2.24, 2.45) is 0 Å². The molecular formula is C19H22N4O. The largest absolute Gasteiger partial charge is 0.351 e. The molecule has 0 unspecified atom stereocenters. The van der Waals surface area contributed by atoms with Crippen LogP contribution in [0.25, 0.3) is 10.9 Å². The van der Waals surface area contributed by atoms with Gasteiger partial charge in [-0.25, -0.2) is 0 Å². The molecule has 3 aromatic rings. The fraction of sp³-hybridized carbons (Fsp3) is 0.368. The van der Waals surface area contributed by atoms with Crippen molar-refractivity contribution in [3.63, 3.8) is 0 Å². The first-order valence-electron chi connectivity index (χ1n) is 8.58. The van der Waals surface area contributed by atoms with E-state index in [-0.39, 0.29) is 11.9 Å². The number of carbonyl (C=O) groups is 1. The maximum atomic E-state index is 13.1.